The fourth-order valence-corrected chi connectivity index (χ4v) is 1.70. The Morgan fingerprint density at radius 3 is 2.26 bits per heavy atom. The Morgan fingerprint density at radius 1 is 0.947 bits per heavy atom. The van der Waals surface area contributed by atoms with Gasteiger partial charge in [-0.05, 0) is 35.4 Å². The number of halogens is 3. The second-order valence-electron chi connectivity index (χ2n) is 3.91. The molecular formula is C14H11F3O2. The maximum Gasteiger partial charge on any atom is 0.387 e. The quantitative estimate of drug-likeness (QED) is 0.919. The van der Waals surface area contributed by atoms with Gasteiger partial charge in [-0.25, -0.2) is 4.39 Å². The van der Waals surface area contributed by atoms with Crippen LogP contribution in [0.5, 0.6) is 5.75 Å². The molecule has 0 aliphatic carbocycles. The van der Waals surface area contributed by atoms with E-state index >= 15 is 0 Å². The molecule has 0 saturated carbocycles. The molecule has 5 heteroatoms. The van der Waals surface area contributed by atoms with E-state index in [-0.39, 0.29) is 5.75 Å². The zero-order valence-electron chi connectivity index (χ0n) is 9.76. The van der Waals surface area contributed by atoms with Crippen molar-refractivity contribution < 1.29 is 23.0 Å². The lowest BCUT2D eigenvalue weighted by molar-refractivity contribution is -0.0499. The Labute approximate surface area is 108 Å². The minimum absolute atomic E-state index is 0.0336. The fraction of sp³-hybridized carbons (Fsp3) is 0.143. The summed E-state index contributed by atoms with van der Waals surface area (Å²) in [5.41, 5.74) is 0.861. The zero-order valence-corrected chi connectivity index (χ0v) is 9.76. The second-order valence-corrected chi connectivity index (χ2v) is 3.91. The van der Waals surface area contributed by atoms with E-state index in [1.54, 1.807) is 6.07 Å². The van der Waals surface area contributed by atoms with Crippen molar-refractivity contribution in [3.8, 4) is 5.75 Å². The summed E-state index contributed by atoms with van der Waals surface area (Å²) in [6, 6.07) is 11.1. The molecule has 2 rings (SSSR count). The summed E-state index contributed by atoms with van der Waals surface area (Å²) in [6.45, 7) is -2.92. The lowest BCUT2D eigenvalue weighted by atomic mass is 10.0. The lowest BCUT2D eigenvalue weighted by Gasteiger charge is -2.13. The summed E-state index contributed by atoms with van der Waals surface area (Å²) in [5.74, 6) is -0.445. The van der Waals surface area contributed by atoms with Crippen molar-refractivity contribution in [2.24, 2.45) is 0 Å². The minimum Gasteiger partial charge on any atom is -0.435 e. The number of benzene rings is 2. The van der Waals surface area contributed by atoms with Crippen LogP contribution in [0.4, 0.5) is 13.2 Å². The van der Waals surface area contributed by atoms with Gasteiger partial charge in [0.05, 0.1) is 0 Å². The number of alkyl halides is 2. The first-order valence-electron chi connectivity index (χ1n) is 5.54. The molecule has 0 aliphatic heterocycles. The highest BCUT2D eigenvalue weighted by molar-refractivity contribution is 5.35. The monoisotopic (exact) mass is 268 g/mol. The molecule has 2 aromatic rings. The van der Waals surface area contributed by atoms with E-state index in [0.717, 1.165) is 0 Å². The van der Waals surface area contributed by atoms with Crippen LogP contribution >= 0.6 is 0 Å². The van der Waals surface area contributed by atoms with Crippen LogP contribution in [0.3, 0.4) is 0 Å². The normalized spacial score (nSPS) is 12.5. The summed E-state index contributed by atoms with van der Waals surface area (Å²) in [7, 11) is 0. The predicted molar refractivity (Wildman–Crippen MR) is 63.5 cm³/mol. The molecule has 100 valence electrons. The van der Waals surface area contributed by atoms with Gasteiger partial charge in [-0.2, -0.15) is 8.78 Å². The summed E-state index contributed by atoms with van der Waals surface area (Å²) in [6.07, 6.45) is -1.03. The van der Waals surface area contributed by atoms with E-state index in [1.807, 2.05) is 0 Å². The Kier molecular flexibility index (Phi) is 4.06. The van der Waals surface area contributed by atoms with Gasteiger partial charge < -0.3 is 9.84 Å². The molecule has 0 saturated heterocycles. The summed E-state index contributed by atoms with van der Waals surface area (Å²) in [5, 5.41) is 10.1. The molecular weight excluding hydrogens is 257 g/mol. The first-order chi connectivity index (χ1) is 9.06. The molecule has 1 unspecified atom stereocenters. The van der Waals surface area contributed by atoms with Crippen LogP contribution in [0.15, 0.2) is 48.5 Å². The third-order valence-corrected chi connectivity index (χ3v) is 2.58. The van der Waals surface area contributed by atoms with E-state index in [1.165, 1.54) is 42.5 Å². The first kappa shape index (κ1) is 13.4. The van der Waals surface area contributed by atoms with Gasteiger partial charge in [0.1, 0.15) is 17.7 Å². The van der Waals surface area contributed by atoms with E-state index in [4.69, 9.17) is 0 Å². The van der Waals surface area contributed by atoms with Gasteiger partial charge in [0, 0.05) is 0 Å². The standard InChI is InChI=1S/C14H11F3O2/c15-11-6-4-9(5-7-11)13(18)10-2-1-3-12(8-10)19-14(16)17/h1-8,13-14,18H. The van der Waals surface area contributed by atoms with Crippen molar-refractivity contribution in [1.29, 1.82) is 0 Å². The lowest BCUT2D eigenvalue weighted by Crippen LogP contribution is -2.04. The van der Waals surface area contributed by atoms with Crippen molar-refractivity contribution in [2.45, 2.75) is 12.7 Å². The molecule has 0 aromatic heterocycles. The molecule has 0 spiro atoms. The van der Waals surface area contributed by atoms with Gasteiger partial charge in [-0.3, -0.25) is 0 Å². The molecule has 0 heterocycles. The van der Waals surface area contributed by atoms with Crippen LogP contribution in [0, 0.1) is 5.82 Å². The third kappa shape index (κ3) is 3.48. The van der Waals surface area contributed by atoms with E-state index in [0.29, 0.717) is 11.1 Å². The van der Waals surface area contributed by atoms with Crippen LogP contribution in [0.2, 0.25) is 0 Å². The van der Waals surface area contributed by atoms with Crippen LogP contribution in [0.1, 0.15) is 17.2 Å². The molecule has 0 fully saturated rings. The Balaban J connectivity index is 2.23. The van der Waals surface area contributed by atoms with Crippen LogP contribution in [-0.4, -0.2) is 11.7 Å². The van der Waals surface area contributed by atoms with Gasteiger partial charge >= 0.3 is 6.61 Å². The summed E-state index contributed by atoms with van der Waals surface area (Å²) >= 11 is 0. The van der Waals surface area contributed by atoms with Crippen molar-refractivity contribution >= 4 is 0 Å². The molecule has 0 bridgehead atoms. The Hall–Kier alpha value is -2.01. The van der Waals surface area contributed by atoms with Crippen molar-refractivity contribution in [3.63, 3.8) is 0 Å². The maximum absolute atomic E-state index is 12.8. The third-order valence-electron chi connectivity index (χ3n) is 2.58. The van der Waals surface area contributed by atoms with Gasteiger partial charge in [0.2, 0.25) is 0 Å². The number of hydrogen-bond donors (Lipinski definition) is 1. The zero-order chi connectivity index (χ0) is 13.8. The van der Waals surface area contributed by atoms with E-state index in [2.05, 4.69) is 4.74 Å². The van der Waals surface area contributed by atoms with Gasteiger partial charge in [-0.1, -0.05) is 24.3 Å². The second kappa shape index (κ2) is 5.75. The maximum atomic E-state index is 12.8. The molecule has 2 aromatic carbocycles. The highest BCUT2D eigenvalue weighted by Crippen LogP contribution is 2.25. The van der Waals surface area contributed by atoms with Gasteiger partial charge in [0.25, 0.3) is 0 Å². The topological polar surface area (TPSA) is 29.5 Å². The number of hydrogen-bond acceptors (Lipinski definition) is 2. The van der Waals surface area contributed by atoms with Crippen LogP contribution in [0.25, 0.3) is 0 Å². The fourth-order valence-electron chi connectivity index (χ4n) is 1.70. The molecule has 0 aliphatic rings. The smallest absolute Gasteiger partial charge is 0.387 e. The van der Waals surface area contributed by atoms with Gasteiger partial charge in [0.15, 0.2) is 0 Å². The molecule has 2 nitrogen and oxygen atoms in total. The Morgan fingerprint density at radius 2 is 1.63 bits per heavy atom. The minimum atomic E-state index is -2.92. The van der Waals surface area contributed by atoms with Gasteiger partial charge in [-0.15, -0.1) is 0 Å². The van der Waals surface area contributed by atoms with E-state index in [9.17, 15) is 18.3 Å². The number of aliphatic hydroxyl groups excluding tert-OH is 1. The predicted octanol–water partition coefficient (Wildman–Crippen LogP) is 3.51. The van der Waals surface area contributed by atoms with Crippen molar-refractivity contribution in [3.05, 3.63) is 65.5 Å². The Bertz CT molecular complexity index is 541. The molecule has 0 amide bonds. The highest BCUT2D eigenvalue weighted by atomic mass is 19.3. The SMILES string of the molecule is OC(c1ccc(F)cc1)c1cccc(OC(F)F)c1. The number of rotatable bonds is 4. The summed E-state index contributed by atoms with van der Waals surface area (Å²) in [4.78, 5) is 0. The van der Waals surface area contributed by atoms with E-state index < -0.39 is 18.5 Å². The highest BCUT2D eigenvalue weighted by Gasteiger charge is 2.12. The first-order valence-corrected chi connectivity index (χ1v) is 5.54. The number of ether oxygens (including phenoxy) is 1. The largest absolute Gasteiger partial charge is 0.435 e. The molecule has 19 heavy (non-hydrogen) atoms. The van der Waals surface area contributed by atoms with Crippen LogP contribution in [-0.2, 0) is 0 Å². The van der Waals surface area contributed by atoms with Crippen LogP contribution < -0.4 is 4.74 Å². The van der Waals surface area contributed by atoms with Crippen molar-refractivity contribution in [2.75, 3.05) is 0 Å². The molecule has 1 N–H and O–H groups in total. The molecule has 1 atom stereocenters. The average molecular weight is 268 g/mol. The summed E-state index contributed by atoms with van der Waals surface area (Å²) < 4.78 is 41.2. The number of aliphatic hydroxyl groups is 1. The average Bonchev–Trinajstić information content (AvgIpc) is 2.38. The molecule has 0 radical (unpaired) electrons. The van der Waals surface area contributed by atoms with Crippen molar-refractivity contribution in [1.82, 2.24) is 0 Å².